The molecule has 1 fully saturated rings. The molecule has 30 heavy (non-hydrogen) atoms. The Bertz CT molecular complexity index is 1040. The van der Waals surface area contributed by atoms with E-state index < -0.39 is 0 Å². The fourth-order valence-corrected chi connectivity index (χ4v) is 4.16. The zero-order valence-corrected chi connectivity index (χ0v) is 17.1. The molecule has 1 aliphatic carbocycles. The number of benzene rings is 1. The first-order chi connectivity index (χ1) is 14.7. The summed E-state index contributed by atoms with van der Waals surface area (Å²) < 4.78 is 2.10. The van der Waals surface area contributed by atoms with Gasteiger partial charge in [-0.15, -0.1) is 0 Å². The molecule has 3 N–H and O–H groups in total. The van der Waals surface area contributed by atoms with Crippen LogP contribution in [0.5, 0.6) is 0 Å². The fraction of sp³-hybridized carbons (Fsp3) is 0.250. The third kappa shape index (κ3) is 3.97. The number of H-pyrrole nitrogens is 1. The first-order valence-corrected chi connectivity index (χ1v) is 10.4. The molecule has 3 aliphatic rings. The van der Waals surface area contributed by atoms with Crippen LogP contribution in [0.4, 0.5) is 5.82 Å². The summed E-state index contributed by atoms with van der Waals surface area (Å²) in [5, 5.41) is 10.9. The van der Waals surface area contributed by atoms with Crippen LogP contribution in [-0.4, -0.2) is 39.9 Å². The smallest absolute Gasteiger partial charge is 0.285 e. The van der Waals surface area contributed by atoms with E-state index in [1.54, 1.807) is 30.3 Å². The fourth-order valence-electron chi connectivity index (χ4n) is 3.29. The number of rotatable bonds is 7. The molecule has 153 valence electrons. The van der Waals surface area contributed by atoms with E-state index in [1.807, 2.05) is 29.4 Å². The highest BCUT2D eigenvalue weighted by atomic mass is 32.2. The zero-order valence-electron chi connectivity index (χ0n) is 16.3. The summed E-state index contributed by atoms with van der Waals surface area (Å²) in [7, 11) is 1.41. The van der Waals surface area contributed by atoms with Crippen molar-refractivity contribution in [1.29, 1.82) is 0 Å². The van der Waals surface area contributed by atoms with Gasteiger partial charge in [-0.2, -0.15) is 10.1 Å². The van der Waals surface area contributed by atoms with Gasteiger partial charge in [0.1, 0.15) is 6.54 Å². The molecular weight excluding hydrogens is 402 g/mol. The Morgan fingerprint density at radius 1 is 1.33 bits per heavy atom. The molecule has 3 heterocycles. The largest absolute Gasteiger partial charge is 0.300 e. The van der Waals surface area contributed by atoms with Crippen molar-refractivity contribution in [3.05, 3.63) is 66.0 Å². The second kappa shape index (κ2) is 7.98. The highest BCUT2D eigenvalue weighted by molar-refractivity contribution is 7.97. The number of fused-ring (bicyclic) bond motifs is 1. The molecule has 9 nitrogen and oxygen atoms in total. The van der Waals surface area contributed by atoms with Crippen LogP contribution in [0.1, 0.15) is 34.8 Å². The molecule has 1 amide bonds. The van der Waals surface area contributed by atoms with Crippen molar-refractivity contribution in [2.75, 3.05) is 19.0 Å². The second-order valence-electron chi connectivity index (χ2n) is 7.16. The first kappa shape index (κ1) is 18.9. The molecular formula is C20H21N7O2S+. The number of hydroxylamine groups is 1. The van der Waals surface area contributed by atoms with Gasteiger partial charge in [-0.3, -0.25) is 24.4 Å². The average Bonchev–Trinajstić information content (AvgIpc) is 3.30. The number of nitrogens with zero attached hydrogens (tertiary/aromatic N) is 4. The number of nitrogens with one attached hydrogen (secondary N) is 3. The number of hydrogen-bond acceptors (Lipinski definition) is 8. The lowest BCUT2D eigenvalue weighted by atomic mass is 10.2. The Morgan fingerprint density at radius 2 is 2.17 bits per heavy atom. The maximum atomic E-state index is 11.8. The number of anilines is 1. The number of aliphatic imine (C=N–C) groups is 1. The van der Waals surface area contributed by atoms with Crippen LogP contribution >= 0.6 is 11.9 Å². The summed E-state index contributed by atoms with van der Waals surface area (Å²) in [5.41, 5.74) is 4.04. The van der Waals surface area contributed by atoms with Crippen molar-refractivity contribution in [2.45, 2.75) is 23.7 Å². The van der Waals surface area contributed by atoms with E-state index in [0.717, 1.165) is 22.4 Å². The molecule has 1 aromatic carbocycles. The molecule has 0 bridgehead atoms. The maximum Gasteiger partial charge on any atom is 0.285 e. The topological polar surface area (TPSA) is 101 Å². The van der Waals surface area contributed by atoms with Crippen LogP contribution < -0.4 is 15.7 Å². The van der Waals surface area contributed by atoms with Crippen LogP contribution in [0.25, 0.3) is 0 Å². The molecule has 2 aliphatic heterocycles. The normalized spacial score (nSPS) is 18.1. The molecule has 0 saturated heterocycles. The Morgan fingerprint density at radius 3 is 2.93 bits per heavy atom. The minimum absolute atomic E-state index is 0.273. The lowest BCUT2D eigenvalue weighted by molar-refractivity contribution is 0.0537. The summed E-state index contributed by atoms with van der Waals surface area (Å²) in [6, 6.07) is 9.44. The lowest BCUT2D eigenvalue weighted by Gasteiger charge is -2.24. The zero-order chi connectivity index (χ0) is 20.5. The average molecular weight is 424 g/mol. The number of amides is 1. The quantitative estimate of drug-likeness (QED) is 0.360. The number of carbonyl (C=O) groups excluding carboxylic acids is 1. The monoisotopic (exact) mass is 423 g/mol. The number of amidine groups is 1. The van der Waals surface area contributed by atoms with Gasteiger partial charge in [-0.05, 0) is 54.0 Å². The van der Waals surface area contributed by atoms with Crippen molar-refractivity contribution in [2.24, 2.45) is 4.99 Å². The summed E-state index contributed by atoms with van der Waals surface area (Å²) in [6.07, 6.45) is 8.23. The van der Waals surface area contributed by atoms with E-state index in [1.165, 1.54) is 25.6 Å². The number of aromatic amines is 1. The van der Waals surface area contributed by atoms with Crippen LogP contribution in [0.15, 0.2) is 64.6 Å². The summed E-state index contributed by atoms with van der Waals surface area (Å²) in [6.45, 7) is 0.655. The van der Waals surface area contributed by atoms with Crippen LogP contribution in [0.3, 0.4) is 0 Å². The highest BCUT2D eigenvalue weighted by Crippen LogP contribution is 2.39. The van der Waals surface area contributed by atoms with Gasteiger partial charge in [0.25, 0.3) is 17.6 Å². The Balaban J connectivity index is 1.31. The van der Waals surface area contributed by atoms with E-state index in [9.17, 15) is 4.79 Å². The third-order valence-electron chi connectivity index (χ3n) is 4.95. The van der Waals surface area contributed by atoms with Gasteiger partial charge >= 0.3 is 0 Å². The predicted octanol–water partition coefficient (Wildman–Crippen LogP) is 2.84. The van der Waals surface area contributed by atoms with Crippen LogP contribution in [0, 0.1) is 0 Å². The Hall–Kier alpha value is -3.08. The first-order valence-electron chi connectivity index (χ1n) is 9.64. The van der Waals surface area contributed by atoms with Gasteiger partial charge < -0.3 is 0 Å². The summed E-state index contributed by atoms with van der Waals surface area (Å²) in [4.78, 5) is 24.0. The van der Waals surface area contributed by atoms with Crippen molar-refractivity contribution in [3.63, 3.8) is 0 Å². The highest BCUT2D eigenvalue weighted by Gasteiger charge is 2.37. The van der Waals surface area contributed by atoms with Gasteiger partial charge in [0.2, 0.25) is 0 Å². The molecule has 1 radical (unpaired) electrons. The van der Waals surface area contributed by atoms with Gasteiger partial charge in [-0.1, -0.05) is 0 Å². The molecule has 0 atom stereocenters. The van der Waals surface area contributed by atoms with Crippen molar-refractivity contribution >= 4 is 29.5 Å². The van der Waals surface area contributed by atoms with Gasteiger partial charge in [0, 0.05) is 28.1 Å². The Kier molecular flexibility index (Phi) is 5.03. The lowest BCUT2D eigenvalue weighted by Crippen LogP contribution is -2.42. The minimum atomic E-state index is -0.273. The van der Waals surface area contributed by atoms with Crippen molar-refractivity contribution in [3.8, 4) is 0 Å². The molecule has 1 saturated carbocycles. The predicted molar refractivity (Wildman–Crippen MR) is 114 cm³/mol. The van der Waals surface area contributed by atoms with E-state index in [2.05, 4.69) is 41.2 Å². The standard InChI is InChI=1S/C20H21N7O2S/c1-29-25-20(28)14-4-6-15(7-5-14)30-26-11-18-21-8-9-27(18)19(12-26)22-17-10-16(23-24-17)13-2-3-13/h4-10,12-13H,2-3,11H2,1H3,(H,25,28)(H2,22,23,24)/q+1. The second-order valence-corrected chi connectivity index (χ2v) is 8.28. The van der Waals surface area contributed by atoms with Crippen LogP contribution in [0.2, 0.25) is 0 Å². The van der Waals surface area contributed by atoms with E-state index in [0.29, 0.717) is 18.0 Å². The minimum Gasteiger partial charge on any atom is -0.300 e. The molecule has 5 rings (SSSR count). The van der Waals surface area contributed by atoms with Crippen LogP contribution in [-0.2, 0) is 4.84 Å². The SMILES string of the molecule is CONC(=O)c1ccc(SN2C=C(Nc3cc(C4CC4)[nH]n3)[N+]3C=CN=C3C2)cc1. The molecule has 2 aromatic rings. The molecule has 0 unspecified atom stereocenters. The van der Waals surface area contributed by atoms with Gasteiger partial charge in [-0.25, -0.2) is 5.48 Å². The van der Waals surface area contributed by atoms with Gasteiger partial charge in [0.05, 0.1) is 19.5 Å². The van der Waals surface area contributed by atoms with Crippen molar-refractivity contribution < 1.29 is 9.63 Å². The number of carbonyl (C=O) groups is 1. The molecule has 0 spiro atoms. The summed E-state index contributed by atoms with van der Waals surface area (Å²) >= 11 is 1.57. The van der Waals surface area contributed by atoms with E-state index in [4.69, 9.17) is 0 Å². The third-order valence-corrected chi connectivity index (χ3v) is 5.90. The molecule has 1 aromatic heterocycles. The number of hydrogen-bond donors (Lipinski definition) is 3. The number of aromatic nitrogens is 2. The molecule has 10 heteroatoms. The van der Waals surface area contributed by atoms with E-state index in [-0.39, 0.29) is 5.91 Å². The Labute approximate surface area is 178 Å². The summed E-state index contributed by atoms with van der Waals surface area (Å²) in [5.74, 6) is 2.96. The van der Waals surface area contributed by atoms with Crippen molar-refractivity contribution in [1.82, 2.24) is 24.9 Å². The van der Waals surface area contributed by atoms with E-state index >= 15 is 0 Å². The maximum absolute atomic E-state index is 11.8. The van der Waals surface area contributed by atoms with Gasteiger partial charge in [0.15, 0.2) is 12.0 Å².